The molecule has 1 aromatic carbocycles. The molecule has 0 bridgehead atoms. The van der Waals surface area contributed by atoms with Gasteiger partial charge in [0.2, 0.25) is 0 Å². The average molecular weight is 316 g/mol. The summed E-state index contributed by atoms with van der Waals surface area (Å²) in [5, 5.41) is 4.24. The van der Waals surface area contributed by atoms with Crippen molar-refractivity contribution in [2.75, 3.05) is 5.73 Å². The van der Waals surface area contributed by atoms with Gasteiger partial charge < -0.3 is 5.73 Å². The summed E-state index contributed by atoms with van der Waals surface area (Å²) in [4.78, 5) is 0. The van der Waals surface area contributed by atoms with Crippen LogP contribution in [0.4, 0.5) is 14.6 Å². The molecule has 0 atom stereocenters. The van der Waals surface area contributed by atoms with Gasteiger partial charge in [0.25, 0.3) is 6.43 Å². The number of hydrogen-bond donors (Lipinski definition) is 1. The van der Waals surface area contributed by atoms with Crippen LogP contribution in [0.3, 0.4) is 0 Å². The molecule has 2 aromatic rings. The summed E-state index contributed by atoms with van der Waals surface area (Å²) in [6.07, 6.45) is -2.46. The number of benzene rings is 1. The summed E-state index contributed by atoms with van der Waals surface area (Å²) < 4.78 is 27.5. The largest absolute Gasteiger partial charge is 0.383 e. The molecule has 2 rings (SSSR count). The summed E-state index contributed by atoms with van der Waals surface area (Å²) in [5.41, 5.74) is 7.38. The van der Waals surface area contributed by atoms with Crippen LogP contribution in [0.2, 0.25) is 0 Å². The smallest absolute Gasteiger partial charge is 0.263 e. The van der Waals surface area contributed by atoms with Crippen LogP contribution in [-0.4, -0.2) is 9.78 Å². The first-order chi connectivity index (χ1) is 8.49. The van der Waals surface area contributed by atoms with Gasteiger partial charge >= 0.3 is 0 Å². The van der Waals surface area contributed by atoms with Crippen LogP contribution in [0.1, 0.15) is 23.2 Å². The molecule has 96 valence electrons. The minimum Gasteiger partial charge on any atom is -0.383 e. The molecule has 0 unspecified atom stereocenters. The van der Waals surface area contributed by atoms with Gasteiger partial charge in [-0.2, -0.15) is 5.10 Å². The number of halogens is 3. The average Bonchev–Trinajstić information content (AvgIpc) is 2.57. The van der Waals surface area contributed by atoms with Crippen molar-refractivity contribution in [3.05, 3.63) is 45.6 Å². The third-order valence-corrected chi connectivity index (χ3v) is 3.61. The highest BCUT2D eigenvalue weighted by atomic mass is 79.9. The first-order valence-electron chi connectivity index (χ1n) is 5.34. The maximum absolute atomic E-state index is 12.6. The standard InChI is InChI=1S/C12H12BrF2N3/c1-7-10(13)12(16)18(17-7)6-8-3-2-4-9(5-8)11(14)15/h2-5,11H,6,16H2,1H3. The van der Waals surface area contributed by atoms with E-state index in [1.165, 1.54) is 12.1 Å². The molecule has 0 saturated heterocycles. The number of nitrogens with zero attached hydrogens (tertiary/aromatic N) is 2. The first-order valence-corrected chi connectivity index (χ1v) is 6.13. The lowest BCUT2D eigenvalue weighted by Crippen LogP contribution is -2.06. The number of nitrogen functional groups attached to an aromatic ring is 1. The van der Waals surface area contributed by atoms with E-state index in [2.05, 4.69) is 21.0 Å². The van der Waals surface area contributed by atoms with Crippen LogP contribution in [0.15, 0.2) is 28.7 Å². The van der Waals surface area contributed by atoms with Crippen molar-refractivity contribution in [2.45, 2.75) is 19.9 Å². The highest BCUT2D eigenvalue weighted by Crippen LogP contribution is 2.24. The molecule has 0 saturated carbocycles. The number of aryl methyl sites for hydroxylation is 1. The van der Waals surface area contributed by atoms with Gasteiger partial charge in [0.05, 0.1) is 16.7 Å². The zero-order valence-corrected chi connectivity index (χ0v) is 11.3. The number of nitrogens with two attached hydrogens (primary N) is 1. The van der Waals surface area contributed by atoms with E-state index in [1.807, 2.05) is 6.92 Å². The van der Waals surface area contributed by atoms with Crippen LogP contribution in [0.25, 0.3) is 0 Å². The van der Waals surface area contributed by atoms with Crippen LogP contribution in [0.5, 0.6) is 0 Å². The molecule has 0 fully saturated rings. The number of aromatic nitrogens is 2. The molecular weight excluding hydrogens is 304 g/mol. The van der Waals surface area contributed by atoms with Gasteiger partial charge in [-0.3, -0.25) is 0 Å². The second kappa shape index (κ2) is 5.06. The van der Waals surface area contributed by atoms with E-state index in [9.17, 15) is 8.78 Å². The van der Waals surface area contributed by atoms with E-state index in [0.29, 0.717) is 12.4 Å². The topological polar surface area (TPSA) is 43.8 Å². The molecule has 1 aromatic heterocycles. The second-order valence-corrected chi connectivity index (χ2v) is 4.78. The molecule has 0 spiro atoms. The van der Waals surface area contributed by atoms with E-state index >= 15 is 0 Å². The fourth-order valence-corrected chi connectivity index (χ4v) is 1.98. The van der Waals surface area contributed by atoms with Crippen molar-refractivity contribution in [1.29, 1.82) is 0 Å². The lowest BCUT2D eigenvalue weighted by Gasteiger charge is -2.06. The van der Waals surface area contributed by atoms with Crippen molar-refractivity contribution in [1.82, 2.24) is 9.78 Å². The van der Waals surface area contributed by atoms with Crippen LogP contribution in [-0.2, 0) is 6.54 Å². The van der Waals surface area contributed by atoms with Gasteiger partial charge in [-0.1, -0.05) is 18.2 Å². The second-order valence-electron chi connectivity index (χ2n) is 3.99. The normalized spacial score (nSPS) is 11.2. The van der Waals surface area contributed by atoms with Crippen molar-refractivity contribution in [3.8, 4) is 0 Å². The minimum absolute atomic E-state index is 0.00835. The van der Waals surface area contributed by atoms with Crippen LogP contribution < -0.4 is 5.73 Å². The Kier molecular flexibility index (Phi) is 3.65. The van der Waals surface area contributed by atoms with Crippen LogP contribution in [0, 0.1) is 6.92 Å². The van der Waals surface area contributed by atoms with Crippen molar-refractivity contribution in [2.24, 2.45) is 0 Å². The maximum atomic E-state index is 12.6. The summed E-state index contributed by atoms with van der Waals surface area (Å²) in [5.74, 6) is 0.495. The molecular formula is C12H12BrF2N3. The van der Waals surface area contributed by atoms with Crippen molar-refractivity contribution < 1.29 is 8.78 Å². The Hall–Kier alpha value is -1.43. The Labute approximate surface area is 112 Å². The van der Waals surface area contributed by atoms with Gasteiger partial charge in [-0.05, 0) is 34.5 Å². The molecule has 0 amide bonds. The molecule has 1 heterocycles. The maximum Gasteiger partial charge on any atom is 0.263 e. The Bertz CT molecular complexity index is 566. The number of rotatable bonds is 3. The number of hydrogen-bond acceptors (Lipinski definition) is 2. The predicted octanol–water partition coefficient (Wildman–Crippen LogP) is 3.52. The predicted molar refractivity (Wildman–Crippen MR) is 69.6 cm³/mol. The van der Waals surface area contributed by atoms with E-state index in [1.54, 1.807) is 16.8 Å². The summed E-state index contributed by atoms with van der Waals surface area (Å²) in [6, 6.07) is 6.26. The van der Waals surface area contributed by atoms with Crippen LogP contribution >= 0.6 is 15.9 Å². The number of anilines is 1. The Morgan fingerprint density at radius 1 is 1.44 bits per heavy atom. The van der Waals surface area contributed by atoms with Gasteiger partial charge in [-0.15, -0.1) is 0 Å². The molecule has 0 aliphatic heterocycles. The Morgan fingerprint density at radius 2 is 2.17 bits per heavy atom. The zero-order chi connectivity index (χ0) is 13.3. The lowest BCUT2D eigenvalue weighted by atomic mass is 10.1. The van der Waals surface area contributed by atoms with E-state index in [0.717, 1.165) is 15.7 Å². The third-order valence-electron chi connectivity index (χ3n) is 2.63. The third kappa shape index (κ3) is 2.53. The van der Waals surface area contributed by atoms with E-state index in [-0.39, 0.29) is 5.56 Å². The molecule has 0 aliphatic rings. The monoisotopic (exact) mass is 315 g/mol. The summed E-state index contributed by atoms with van der Waals surface area (Å²) in [6.45, 7) is 2.20. The summed E-state index contributed by atoms with van der Waals surface area (Å²) >= 11 is 3.32. The molecule has 0 aliphatic carbocycles. The molecule has 0 radical (unpaired) electrons. The van der Waals surface area contributed by atoms with Gasteiger partial charge in [0, 0.05) is 5.56 Å². The van der Waals surface area contributed by atoms with E-state index < -0.39 is 6.43 Å². The highest BCUT2D eigenvalue weighted by molar-refractivity contribution is 9.10. The van der Waals surface area contributed by atoms with Gasteiger partial charge in [-0.25, -0.2) is 13.5 Å². The molecule has 6 heteroatoms. The minimum atomic E-state index is -2.46. The van der Waals surface area contributed by atoms with Gasteiger partial charge in [0.15, 0.2) is 0 Å². The Morgan fingerprint density at radius 3 is 2.72 bits per heavy atom. The number of alkyl halides is 2. The highest BCUT2D eigenvalue weighted by Gasteiger charge is 2.11. The van der Waals surface area contributed by atoms with E-state index in [4.69, 9.17) is 5.73 Å². The fourth-order valence-electron chi connectivity index (χ4n) is 1.70. The SMILES string of the molecule is Cc1nn(Cc2cccc(C(F)F)c2)c(N)c1Br. The first kappa shape index (κ1) is 13.0. The molecule has 18 heavy (non-hydrogen) atoms. The summed E-state index contributed by atoms with van der Waals surface area (Å²) in [7, 11) is 0. The molecule has 3 nitrogen and oxygen atoms in total. The van der Waals surface area contributed by atoms with Gasteiger partial charge in [0.1, 0.15) is 5.82 Å². The zero-order valence-electron chi connectivity index (χ0n) is 9.70. The van der Waals surface area contributed by atoms with Crippen molar-refractivity contribution >= 4 is 21.7 Å². The molecule has 2 N–H and O–H groups in total. The lowest BCUT2D eigenvalue weighted by molar-refractivity contribution is 0.151. The van der Waals surface area contributed by atoms with Crippen molar-refractivity contribution in [3.63, 3.8) is 0 Å². The Balaban J connectivity index is 2.28. The quantitative estimate of drug-likeness (QED) is 0.941. The fraction of sp³-hybridized carbons (Fsp3) is 0.250.